The number of hydrogen-bond acceptors (Lipinski definition) is 1. The molecule has 0 spiro atoms. The Kier molecular flexibility index (Phi) is 4.27. The summed E-state index contributed by atoms with van der Waals surface area (Å²) in [5, 5.41) is 0. The minimum atomic E-state index is 0.532. The Hall–Kier alpha value is 0.660. The summed E-state index contributed by atoms with van der Waals surface area (Å²) in [6.07, 6.45) is 2.44. The summed E-state index contributed by atoms with van der Waals surface area (Å²) in [5.74, 6) is 0. The van der Waals surface area contributed by atoms with Crippen molar-refractivity contribution in [1.29, 1.82) is 0 Å². The van der Waals surface area contributed by atoms with Crippen molar-refractivity contribution in [3.63, 3.8) is 0 Å². The first-order valence-electron chi connectivity index (χ1n) is 4.05. The predicted molar refractivity (Wildman–Crippen MR) is 63.3 cm³/mol. The second-order valence-electron chi connectivity index (χ2n) is 2.82. The van der Waals surface area contributed by atoms with Gasteiger partial charge in [-0.1, -0.05) is 29.3 Å². The number of aryl methyl sites for hydroxylation is 1. The quantitative estimate of drug-likeness (QED) is 0.685. The third-order valence-electron chi connectivity index (χ3n) is 1.81. The van der Waals surface area contributed by atoms with Crippen molar-refractivity contribution >= 4 is 43.2 Å². The van der Waals surface area contributed by atoms with Gasteiger partial charge in [0.05, 0.1) is 3.79 Å². The van der Waals surface area contributed by atoms with Crippen LogP contribution in [0.2, 0.25) is 0 Å². The molecule has 0 radical (unpaired) electrons. The van der Waals surface area contributed by atoms with Gasteiger partial charge in [-0.2, -0.15) is 0 Å². The first kappa shape index (κ1) is 10.7. The fourth-order valence-corrected chi connectivity index (χ4v) is 4.04. The van der Waals surface area contributed by atoms with Crippen LogP contribution in [0, 0.1) is 6.92 Å². The van der Waals surface area contributed by atoms with Gasteiger partial charge in [-0.25, -0.2) is 0 Å². The van der Waals surface area contributed by atoms with Crippen LogP contribution in [0.15, 0.2) is 9.85 Å². The summed E-state index contributed by atoms with van der Waals surface area (Å²) in [6, 6.07) is 2.22. The van der Waals surface area contributed by atoms with E-state index >= 15 is 0 Å². The van der Waals surface area contributed by atoms with Crippen LogP contribution in [-0.4, -0.2) is 0 Å². The number of halogens is 2. The molecule has 0 N–H and O–H groups in total. The topological polar surface area (TPSA) is 0 Å². The van der Waals surface area contributed by atoms with Gasteiger partial charge in [0.15, 0.2) is 0 Å². The van der Waals surface area contributed by atoms with Crippen LogP contribution >= 0.6 is 43.2 Å². The van der Waals surface area contributed by atoms with E-state index < -0.39 is 0 Å². The molecule has 0 bridgehead atoms. The molecule has 1 aromatic heterocycles. The van der Waals surface area contributed by atoms with Gasteiger partial charge < -0.3 is 0 Å². The average Bonchev–Trinajstić information content (AvgIpc) is 2.30. The Morgan fingerprint density at radius 1 is 1.58 bits per heavy atom. The van der Waals surface area contributed by atoms with Gasteiger partial charge in [0, 0.05) is 9.70 Å². The van der Waals surface area contributed by atoms with E-state index in [0.717, 1.165) is 0 Å². The Bertz CT molecular complexity index is 255. The standard InChI is InChI=1S/C9H12Br2S/c1-3-4-8(10)7-5-9(11)12-6(7)2/h5,8H,3-4H2,1-2H3. The lowest BCUT2D eigenvalue weighted by molar-refractivity contribution is 0.787. The molecule has 1 heterocycles. The minimum absolute atomic E-state index is 0.532. The molecule has 0 aliphatic rings. The van der Waals surface area contributed by atoms with Gasteiger partial charge in [-0.05, 0) is 40.9 Å². The predicted octanol–water partition coefficient (Wildman–Crippen LogP) is 5.06. The van der Waals surface area contributed by atoms with E-state index in [9.17, 15) is 0 Å². The van der Waals surface area contributed by atoms with Crippen molar-refractivity contribution in [3.8, 4) is 0 Å². The van der Waals surface area contributed by atoms with Crippen LogP contribution in [0.4, 0.5) is 0 Å². The highest BCUT2D eigenvalue weighted by Gasteiger charge is 2.11. The molecule has 0 amide bonds. The molecule has 1 rings (SSSR count). The van der Waals surface area contributed by atoms with Crippen molar-refractivity contribution < 1.29 is 0 Å². The van der Waals surface area contributed by atoms with Crippen LogP contribution in [0.3, 0.4) is 0 Å². The molecular formula is C9H12Br2S. The summed E-state index contributed by atoms with van der Waals surface area (Å²) >= 11 is 9.01. The summed E-state index contributed by atoms with van der Waals surface area (Å²) in [5.41, 5.74) is 1.44. The second-order valence-corrected chi connectivity index (χ2v) is 6.56. The van der Waals surface area contributed by atoms with Gasteiger partial charge in [-0.15, -0.1) is 11.3 Å². The summed E-state index contributed by atoms with van der Waals surface area (Å²) in [4.78, 5) is 1.95. The average molecular weight is 312 g/mol. The van der Waals surface area contributed by atoms with E-state index in [0.29, 0.717) is 4.83 Å². The summed E-state index contributed by atoms with van der Waals surface area (Å²) in [7, 11) is 0. The van der Waals surface area contributed by atoms with Crippen LogP contribution in [-0.2, 0) is 0 Å². The molecule has 12 heavy (non-hydrogen) atoms. The lowest BCUT2D eigenvalue weighted by Crippen LogP contribution is -1.87. The van der Waals surface area contributed by atoms with E-state index in [1.165, 1.54) is 27.1 Å². The van der Waals surface area contributed by atoms with Crippen LogP contribution in [0.5, 0.6) is 0 Å². The molecule has 0 aromatic carbocycles. The molecule has 3 heteroatoms. The number of thiophene rings is 1. The lowest BCUT2D eigenvalue weighted by atomic mass is 10.1. The zero-order valence-corrected chi connectivity index (χ0v) is 11.2. The molecule has 1 aromatic rings. The number of hydrogen-bond donors (Lipinski definition) is 0. The lowest BCUT2D eigenvalue weighted by Gasteiger charge is -2.06. The first-order valence-corrected chi connectivity index (χ1v) is 6.57. The SMILES string of the molecule is CCCC(Br)c1cc(Br)sc1C. The van der Waals surface area contributed by atoms with Crippen molar-refractivity contribution in [2.75, 3.05) is 0 Å². The van der Waals surface area contributed by atoms with Crippen LogP contribution < -0.4 is 0 Å². The van der Waals surface area contributed by atoms with Crippen molar-refractivity contribution in [2.45, 2.75) is 31.5 Å². The monoisotopic (exact) mass is 310 g/mol. The van der Waals surface area contributed by atoms with Crippen LogP contribution in [0.1, 0.15) is 35.0 Å². The van der Waals surface area contributed by atoms with Gasteiger partial charge in [-0.3, -0.25) is 0 Å². The molecule has 0 fully saturated rings. The molecule has 0 saturated carbocycles. The largest absolute Gasteiger partial charge is 0.133 e. The molecule has 0 saturated heterocycles. The molecule has 0 aliphatic heterocycles. The van der Waals surface area contributed by atoms with Crippen molar-refractivity contribution in [3.05, 3.63) is 20.3 Å². The smallest absolute Gasteiger partial charge is 0.0704 e. The molecule has 1 atom stereocenters. The first-order chi connectivity index (χ1) is 5.65. The third-order valence-corrected chi connectivity index (χ3v) is 4.33. The van der Waals surface area contributed by atoms with Gasteiger partial charge >= 0.3 is 0 Å². The Balaban J connectivity index is 2.79. The third kappa shape index (κ3) is 2.57. The fourth-order valence-electron chi connectivity index (χ4n) is 1.18. The van der Waals surface area contributed by atoms with Crippen molar-refractivity contribution in [2.24, 2.45) is 0 Å². The van der Waals surface area contributed by atoms with E-state index in [1.54, 1.807) is 0 Å². The normalized spacial score (nSPS) is 13.3. The summed E-state index contributed by atoms with van der Waals surface area (Å²) < 4.78 is 1.23. The van der Waals surface area contributed by atoms with Crippen molar-refractivity contribution in [1.82, 2.24) is 0 Å². The fraction of sp³-hybridized carbons (Fsp3) is 0.556. The number of rotatable bonds is 3. The number of alkyl halides is 1. The van der Waals surface area contributed by atoms with Gasteiger partial charge in [0.1, 0.15) is 0 Å². The van der Waals surface area contributed by atoms with E-state index in [4.69, 9.17) is 0 Å². The zero-order valence-electron chi connectivity index (χ0n) is 7.23. The van der Waals surface area contributed by atoms with Gasteiger partial charge in [0.2, 0.25) is 0 Å². The maximum absolute atomic E-state index is 3.70. The second kappa shape index (κ2) is 4.77. The molecule has 0 aliphatic carbocycles. The van der Waals surface area contributed by atoms with Crippen LogP contribution in [0.25, 0.3) is 0 Å². The molecule has 1 unspecified atom stereocenters. The highest BCUT2D eigenvalue weighted by Crippen LogP contribution is 2.36. The summed E-state index contributed by atoms with van der Waals surface area (Å²) in [6.45, 7) is 4.39. The Labute approximate surface area is 94.6 Å². The van der Waals surface area contributed by atoms with E-state index in [2.05, 4.69) is 51.8 Å². The molecule has 0 nitrogen and oxygen atoms in total. The maximum atomic E-state index is 3.70. The maximum Gasteiger partial charge on any atom is 0.0704 e. The zero-order chi connectivity index (χ0) is 9.14. The Morgan fingerprint density at radius 3 is 2.67 bits per heavy atom. The molecule has 68 valence electrons. The molecular weight excluding hydrogens is 300 g/mol. The Morgan fingerprint density at radius 2 is 2.25 bits per heavy atom. The van der Waals surface area contributed by atoms with E-state index in [-0.39, 0.29) is 0 Å². The highest BCUT2D eigenvalue weighted by atomic mass is 79.9. The van der Waals surface area contributed by atoms with E-state index in [1.807, 2.05) is 11.3 Å². The van der Waals surface area contributed by atoms with Gasteiger partial charge in [0.25, 0.3) is 0 Å². The highest BCUT2D eigenvalue weighted by molar-refractivity contribution is 9.11. The minimum Gasteiger partial charge on any atom is -0.133 e.